The molecule has 0 unspecified atom stereocenters. The average molecular weight is 763 g/mol. The first-order valence-corrected chi connectivity index (χ1v) is 14.8. The second-order valence-electron chi connectivity index (χ2n) is 11.1. The van der Waals surface area contributed by atoms with Crippen LogP contribution in [0.5, 0.6) is 0 Å². The molecule has 0 aliphatic heterocycles. The summed E-state index contributed by atoms with van der Waals surface area (Å²) in [6.45, 7) is 6.47. The van der Waals surface area contributed by atoms with E-state index >= 15 is 0 Å². The molecular weight excluding hydrogens is 733 g/mol. The first-order chi connectivity index (χ1) is 21.6. The number of aryl methyl sites for hydroxylation is 1. The molecule has 5 heteroatoms. The van der Waals surface area contributed by atoms with Crippen molar-refractivity contribution in [2.24, 2.45) is 0 Å². The second-order valence-corrected chi connectivity index (χ2v) is 11.1. The third-order valence-corrected chi connectivity index (χ3v) is 7.88. The van der Waals surface area contributed by atoms with Crippen LogP contribution in [0.3, 0.4) is 0 Å². The SMILES string of the molecule is Cc1c(-c2ccccc2)oc2cc3c(cc12)oc1c(-c2cc(C(C)C)ccn2)[c-]ccc13.[Ir].[c-]1ccccc1-c1ccccn1. The van der Waals surface area contributed by atoms with Gasteiger partial charge in [0.1, 0.15) is 16.9 Å². The van der Waals surface area contributed by atoms with Gasteiger partial charge in [-0.2, -0.15) is 0 Å². The van der Waals surface area contributed by atoms with Crippen LogP contribution in [0.25, 0.3) is 66.7 Å². The monoisotopic (exact) mass is 763 g/mol. The molecule has 4 aromatic heterocycles. The molecule has 0 bridgehead atoms. The molecule has 4 nitrogen and oxygen atoms in total. The summed E-state index contributed by atoms with van der Waals surface area (Å²) in [6.07, 6.45) is 3.65. The largest absolute Gasteiger partial charge is 0.501 e. The number of nitrogens with zero attached hydrogens (tertiary/aromatic N) is 2. The zero-order valence-electron chi connectivity index (χ0n) is 25.2. The second kappa shape index (κ2) is 13.0. The fourth-order valence-corrected chi connectivity index (χ4v) is 5.53. The Labute approximate surface area is 276 Å². The van der Waals surface area contributed by atoms with Crippen LogP contribution < -0.4 is 0 Å². The predicted molar refractivity (Wildman–Crippen MR) is 178 cm³/mol. The Hall–Kier alpha value is -4.83. The third-order valence-electron chi connectivity index (χ3n) is 7.88. The summed E-state index contributed by atoms with van der Waals surface area (Å²) in [5.41, 5.74) is 9.75. The summed E-state index contributed by atoms with van der Waals surface area (Å²) < 4.78 is 12.7. The minimum Gasteiger partial charge on any atom is -0.501 e. The van der Waals surface area contributed by atoms with Gasteiger partial charge in [-0.25, -0.2) is 0 Å². The number of aromatic nitrogens is 2. The maximum absolute atomic E-state index is 6.40. The van der Waals surface area contributed by atoms with Crippen LogP contribution in [-0.4, -0.2) is 9.97 Å². The van der Waals surface area contributed by atoms with E-state index in [1.165, 1.54) is 5.56 Å². The van der Waals surface area contributed by atoms with Crippen LogP contribution in [0.1, 0.15) is 30.9 Å². The summed E-state index contributed by atoms with van der Waals surface area (Å²) in [6, 6.07) is 42.8. The van der Waals surface area contributed by atoms with Crippen LogP contribution in [0.4, 0.5) is 0 Å². The molecule has 223 valence electrons. The first-order valence-electron chi connectivity index (χ1n) is 14.8. The summed E-state index contributed by atoms with van der Waals surface area (Å²) in [5.74, 6) is 1.33. The Bertz CT molecular complexity index is 2170. The van der Waals surface area contributed by atoms with Gasteiger partial charge in [-0.3, -0.25) is 0 Å². The van der Waals surface area contributed by atoms with Crippen molar-refractivity contribution in [2.75, 3.05) is 0 Å². The Morgan fingerprint density at radius 2 is 1.40 bits per heavy atom. The van der Waals surface area contributed by atoms with Crippen LogP contribution in [-0.2, 0) is 20.1 Å². The molecule has 8 rings (SSSR count). The van der Waals surface area contributed by atoms with Gasteiger partial charge in [0.05, 0.1) is 5.58 Å². The van der Waals surface area contributed by atoms with E-state index in [1.807, 2.05) is 72.9 Å². The molecular formula is C40H30IrN2O2-2. The Kier molecular flexibility index (Phi) is 8.75. The van der Waals surface area contributed by atoms with E-state index in [9.17, 15) is 0 Å². The minimum atomic E-state index is 0. The molecule has 4 aromatic carbocycles. The van der Waals surface area contributed by atoms with Crippen molar-refractivity contribution in [2.45, 2.75) is 26.7 Å². The number of rotatable bonds is 4. The van der Waals surface area contributed by atoms with Gasteiger partial charge in [-0.05, 0) is 48.5 Å². The van der Waals surface area contributed by atoms with Crippen molar-refractivity contribution < 1.29 is 28.9 Å². The van der Waals surface area contributed by atoms with Crippen molar-refractivity contribution >= 4 is 32.9 Å². The third kappa shape index (κ3) is 5.97. The van der Waals surface area contributed by atoms with E-state index < -0.39 is 0 Å². The van der Waals surface area contributed by atoms with E-state index in [1.54, 1.807) is 6.20 Å². The van der Waals surface area contributed by atoms with Crippen molar-refractivity contribution in [1.29, 1.82) is 0 Å². The van der Waals surface area contributed by atoms with E-state index in [-0.39, 0.29) is 20.1 Å². The summed E-state index contributed by atoms with van der Waals surface area (Å²) in [7, 11) is 0. The number of hydrogen-bond acceptors (Lipinski definition) is 4. The number of fused-ring (bicyclic) bond motifs is 4. The van der Waals surface area contributed by atoms with Gasteiger partial charge in [0.15, 0.2) is 0 Å². The van der Waals surface area contributed by atoms with Crippen molar-refractivity contribution in [3.05, 3.63) is 145 Å². The van der Waals surface area contributed by atoms with Gasteiger partial charge in [0, 0.05) is 54.4 Å². The summed E-state index contributed by atoms with van der Waals surface area (Å²) in [4.78, 5) is 8.82. The predicted octanol–water partition coefficient (Wildman–Crippen LogP) is 10.8. The maximum Gasteiger partial charge on any atom is 0.138 e. The molecule has 45 heavy (non-hydrogen) atoms. The maximum atomic E-state index is 6.40. The number of hydrogen-bond donors (Lipinski definition) is 0. The normalized spacial score (nSPS) is 11.0. The zero-order valence-corrected chi connectivity index (χ0v) is 27.6. The molecule has 0 fully saturated rings. The molecule has 0 N–H and O–H groups in total. The van der Waals surface area contributed by atoms with Crippen molar-refractivity contribution in [1.82, 2.24) is 9.97 Å². The van der Waals surface area contributed by atoms with Gasteiger partial charge in [0.25, 0.3) is 0 Å². The van der Waals surface area contributed by atoms with Crippen LogP contribution >= 0.6 is 0 Å². The van der Waals surface area contributed by atoms with Gasteiger partial charge < -0.3 is 18.8 Å². The fraction of sp³-hybridized carbons (Fsp3) is 0.100. The van der Waals surface area contributed by atoms with Crippen LogP contribution in [0.15, 0.2) is 130 Å². The van der Waals surface area contributed by atoms with Crippen LogP contribution in [0, 0.1) is 19.1 Å². The van der Waals surface area contributed by atoms with Gasteiger partial charge in [-0.15, -0.1) is 54.1 Å². The molecule has 0 spiro atoms. The van der Waals surface area contributed by atoms with Gasteiger partial charge in [-0.1, -0.05) is 78.9 Å². The zero-order chi connectivity index (χ0) is 30.0. The van der Waals surface area contributed by atoms with E-state index in [0.717, 1.165) is 72.3 Å². The van der Waals surface area contributed by atoms with Crippen molar-refractivity contribution in [3.8, 4) is 33.8 Å². The Morgan fingerprint density at radius 3 is 2.16 bits per heavy atom. The molecule has 4 heterocycles. The van der Waals surface area contributed by atoms with Gasteiger partial charge in [0.2, 0.25) is 0 Å². The minimum absolute atomic E-state index is 0. The fourth-order valence-electron chi connectivity index (χ4n) is 5.53. The molecule has 1 radical (unpaired) electrons. The van der Waals surface area contributed by atoms with E-state index in [4.69, 9.17) is 8.83 Å². The molecule has 0 saturated carbocycles. The van der Waals surface area contributed by atoms with E-state index in [0.29, 0.717) is 5.92 Å². The van der Waals surface area contributed by atoms with Gasteiger partial charge >= 0.3 is 0 Å². The standard InChI is InChI=1S/C29H22NO2.C11H8N.Ir/c1-17(2)20-12-13-30-25(14-20)22-11-7-10-21-24-16-26-23(15-27(24)32-29(21)22)18(3)28(31-26)19-8-5-4-6-9-19;1-2-6-10(7-3-1)11-8-4-5-9-12-11;/h4-10,12-17H,1-3H3;1-6,8-9H;/q2*-1;. The Morgan fingerprint density at radius 1 is 0.644 bits per heavy atom. The molecule has 0 amide bonds. The molecule has 8 aromatic rings. The van der Waals surface area contributed by atoms with Crippen LogP contribution in [0.2, 0.25) is 0 Å². The average Bonchev–Trinajstić information content (AvgIpc) is 3.61. The molecule has 0 aliphatic carbocycles. The quantitative estimate of drug-likeness (QED) is 0.168. The van der Waals surface area contributed by atoms with E-state index in [2.05, 4.69) is 85.3 Å². The smallest absolute Gasteiger partial charge is 0.138 e. The molecule has 0 saturated heterocycles. The summed E-state index contributed by atoms with van der Waals surface area (Å²) >= 11 is 0. The summed E-state index contributed by atoms with van der Waals surface area (Å²) in [5, 5.41) is 3.15. The molecule has 0 atom stereocenters. The van der Waals surface area contributed by atoms with Crippen molar-refractivity contribution in [3.63, 3.8) is 0 Å². The number of furan rings is 2. The molecule has 0 aliphatic rings. The number of pyridine rings is 2. The topological polar surface area (TPSA) is 52.1 Å². The Balaban J connectivity index is 0.000000231. The number of benzene rings is 4. The first kappa shape index (κ1) is 30.2.